The summed E-state index contributed by atoms with van der Waals surface area (Å²) in [5, 5.41) is 3.17. The van der Waals surface area contributed by atoms with Gasteiger partial charge in [0.25, 0.3) is 0 Å². The van der Waals surface area contributed by atoms with Crippen LogP contribution in [0.3, 0.4) is 0 Å². The topological polar surface area (TPSA) is 44.8 Å². The van der Waals surface area contributed by atoms with Crippen LogP contribution in [-0.2, 0) is 11.3 Å². The lowest BCUT2D eigenvalue weighted by atomic mass is 9.86. The number of aryl methyl sites for hydroxylation is 1. The van der Waals surface area contributed by atoms with E-state index in [4.69, 9.17) is 4.74 Å². The van der Waals surface area contributed by atoms with Crippen LogP contribution in [0.15, 0.2) is 54.6 Å². The van der Waals surface area contributed by atoms with Crippen molar-refractivity contribution in [3.63, 3.8) is 0 Å². The van der Waals surface area contributed by atoms with E-state index in [0.29, 0.717) is 23.8 Å². The Morgan fingerprint density at radius 3 is 2.29 bits per heavy atom. The molecule has 3 aromatic rings. The first-order valence-corrected chi connectivity index (χ1v) is 14.0. The Kier molecular flexibility index (Phi) is 12.1. The highest BCUT2D eigenvalue weighted by atomic mass is 35.5. The lowest BCUT2D eigenvalue weighted by molar-refractivity contribution is -0.121. The number of benzene rings is 3. The standard InChI is InChI=1S/C32H36F3N3O2.2ClH/c1-21-5-8-25(36-32(39)24-4-3-13-37(2)20-24)16-27(21)23-11-14-38(15-12-23)19-22-6-9-26(10-7-22)40-31-18-29(34)28(33)17-30(31)35;;/h5-10,16-18,23-24H,3-4,11-15,19-20H2,1-2H3,(H,36,39);2*1H. The van der Waals surface area contributed by atoms with Gasteiger partial charge in [0.2, 0.25) is 5.91 Å². The maximum atomic E-state index is 13.9. The zero-order valence-corrected chi connectivity index (χ0v) is 25.5. The van der Waals surface area contributed by atoms with Gasteiger partial charge in [0.1, 0.15) is 5.75 Å². The van der Waals surface area contributed by atoms with Gasteiger partial charge in [0.15, 0.2) is 23.2 Å². The Morgan fingerprint density at radius 2 is 1.60 bits per heavy atom. The third kappa shape index (κ3) is 8.40. The molecule has 228 valence electrons. The maximum Gasteiger partial charge on any atom is 0.228 e. The molecule has 2 aliphatic rings. The number of hydrogen-bond acceptors (Lipinski definition) is 4. The van der Waals surface area contributed by atoms with Crippen LogP contribution in [0.25, 0.3) is 0 Å². The van der Waals surface area contributed by atoms with E-state index in [1.54, 1.807) is 12.1 Å². The summed E-state index contributed by atoms with van der Waals surface area (Å²) >= 11 is 0. The van der Waals surface area contributed by atoms with E-state index in [1.807, 2.05) is 18.2 Å². The lowest BCUT2D eigenvalue weighted by Gasteiger charge is -2.33. The first-order chi connectivity index (χ1) is 19.2. The summed E-state index contributed by atoms with van der Waals surface area (Å²) in [5.41, 5.74) is 4.53. The van der Waals surface area contributed by atoms with Gasteiger partial charge in [-0.25, -0.2) is 13.2 Å². The Morgan fingerprint density at radius 1 is 0.905 bits per heavy atom. The Bertz CT molecular complexity index is 1350. The maximum absolute atomic E-state index is 13.9. The summed E-state index contributed by atoms with van der Waals surface area (Å²) in [6, 6.07) is 14.7. The predicted octanol–water partition coefficient (Wildman–Crippen LogP) is 7.71. The molecule has 3 aromatic carbocycles. The molecule has 1 N–H and O–H groups in total. The molecular formula is C32H38Cl2F3N3O2. The fourth-order valence-electron chi connectivity index (χ4n) is 5.82. The van der Waals surface area contributed by atoms with Crippen LogP contribution in [0.5, 0.6) is 11.5 Å². The normalized spacial score (nSPS) is 18.1. The molecule has 2 heterocycles. The van der Waals surface area contributed by atoms with Crippen LogP contribution in [-0.4, -0.2) is 48.9 Å². The second-order valence-electron chi connectivity index (χ2n) is 11.2. The van der Waals surface area contributed by atoms with E-state index in [-0.39, 0.29) is 42.4 Å². The van der Waals surface area contributed by atoms with Crippen molar-refractivity contribution in [2.45, 2.75) is 45.1 Å². The van der Waals surface area contributed by atoms with Gasteiger partial charge >= 0.3 is 0 Å². The molecule has 2 aliphatic heterocycles. The monoisotopic (exact) mass is 623 g/mol. The number of piperidine rings is 2. The number of carbonyl (C=O) groups is 1. The number of ether oxygens (including phenoxy) is 1. The van der Waals surface area contributed by atoms with E-state index < -0.39 is 17.5 Å². The Balaban J connectivity index is 0.00000242. The van der Waals surface area contributed by atoms with Crippen molar-refractivity contribution in [1.29, 1.82) is 0 Å². The van der Waals surface area contributed by atoms with Gasteiger partial charge in [0, 0.05) is 30.9 Å². The second-order valence-corrected chi connectivity index (χ2v) is 11.2. The van der Waals surface area contributed by atoms with Gasteiger partial charge in [-0.05, 0) is 106 Å². The number of likely N-dealkylation sites (tertiary alicyclic amines) is 2. The van der Waals surface area contributed by atoms with Crippen molar-refractivity contribution in [2.24, 2.45) is 5.92 Å². The highest BCUT2D eigenvalue weighted by Gasteiger charge is 2.25. The first-order valence-electron chi connectivity index (χ1n) is 14.0. The zero-order chi connectivity index (χ0) is 28.2. The van der Waals surface area contributed by atoms with Crippen molar-refractivity contribution in [2.75, 3.05) is 38.5 Å². The molecule has 0 aromatic heterocycles. The molecule has 0 aliphatic carbocycles. The van der Waals surface area contributed by atoms with Gasteiger partial charge in [-0.3, -0.25) is 9.69 Å². The number of rotatable bonds is 7. The minimum absolute atomic E-state index is 0. The molecule has 5 nitrogen and oxygen atoms in total. The third-order valence-corrected chi connectivity index (χ3v) is 8.10. The van der Waals surface area contributed by atoms with Gasteiger partial charge in [0.05, 0.1) is 5.92 Å². The molecule has 2 fully saturated rings. The van der Waals surface area contributed by atoms with Crippen LogP contribution < -0.4 is 10.1 Å². The Hall–Kier alpha value is -2.78. The van der Waals surface area contributed by atoms with Crippen molar-refractivity contribution in [3.05, 3.63) is 88.7 Å². The SMILES string of the molecule is Cc1ccc(NC(=O)C2CCCN(C)C2)cc1C1CCN(Cc2ccc(Oc3cc(F)c(F)cc3F)cc2)CC1.Cl.Cl. The molecule has 0 spiro atoms. The number of halogens is 5. The predicted molar refractivity (Wildman–Crippen MR) is 165 cm³/mol. The summed E-state index contributed by atoms with van der Waals surface area (Å²) in [5.74, 6) is -2.76. The summed E-state index contributed by atoms with van der Waals surface area (Å²) in [6.07, 6.45) is 4.06. The minimum Gasteiger partial charge on any atom is -0.454 e. The number of nitrogens with zero attached hydrogens (tertiary/aromatic N) is 2. The van der Waals surface area contributed by atoms with E-state index in [2.05, 4.69) is 41.2 Å². The lowest BCUT2D eigenvalue weighted by Crippen LogP contribution is -2.38. The van der Waals surface area contributed by atoms with Crippen molar-refractivity contribution in [1.82, 2.24) is 9.80 Å². The number of carbonyl (C=O) groups excluding carboxylic acids is 1. The highest BCUT2D eigenvalue weighted by Crippen LogP contribution is 2.33. The molecule has 2 saturated heterocycles. The molecule has 1 unspecified atom stereocenters. The quantitative estimate of drug-likeness (QED) is 0.274. The minimum atomic E-state index is -1.25. The van der Waals surface area contributed by atoms with Crippen molar-refractivity contribution < 1.29 is 22.7 Å². The fourth-order valence-corrected chi connectivity index (χ4v) is 5.82. The molecule has 42 heavy (non-hydrogen) atoms. The van der Waals surface area contributed by atoms with E-state index in [1.165, 1.54) is 11.1 Å². The second kappa shape index (κ2) is 15.1. The zero-order valence-electron chi connectivity index (χ0n) is 23.9. The van der Waals surface area contributed by atoms with Crippen LogP contribution >= 0.6 is 24.8 Å². The Labute approximate surface area is 258 Å². The largest absolute Gasteiger partial charge is 0.454 e. The van der Waals surface area contributed by atoms with Crippen LogP contribution in [0.4, 0.5) is 18.9 Å². The third-order valence-electron chi connectivity index (χ3n) is 8.10. The van der Waals surface area contributed by atoms with E-state index >= 15 is 0 Å². The van der Waals surface area contributed by atoms with Crippen LogP contribution in [0.2, 0.25) is 0 Å². The molecule has 1 atom stereocenters. The van der Waals surface area contributed by atoms with Crippen molar-refractivity contribution in [3.8, 4) is 11.5 Å². The van der Waals surface area contributed by atoms with Gasteiger partial charge in [-0.1, -0.05) is 18.2 Å². The van der Waals surface area contributed by atoms with Crippen molar-refractivity contribution >= 4 is 36.4 Å². The number of hydrogen-bond donors (Lipinski definition) is 1. The first kappa shape index (κ1) is 33.7. The molecular weight excluding hydrogens is 586 g/mol. The number of anilines is 1. The van der Waals surface area contributed by atoms with Gasteiger partial charge in [-0.2, -0.15) is 0 Å². The van der Waals surface area contributed by atoms with E-state index in [9.17, 15) is 18.0 Å². The summed E-state index contributed by atoms with van der Waals surface area (Å²) in [4.78, 5) is 17.5. The summed E-state index contributed by atoms with van der Waals surface area (Å²) < 4.78 is 45.9. The molecule has 5 rings (SSSR count). The van der Waals surface area contributed by atoms with Crippen LogP contribution in [0.1, 0.15) is 48.3 Å². The molecule has 0 radical (unpaired) electrons. The van der Waals surface area contributed by atoms with E-state index in [0.717, 1.165) is 69.7 Å². The summed E-state index contributed by atoms with van der Waals surface area (Å²) in [6.45, 7) is 6.68. The molecule has 10 heteroatoms. The highest BCUT2D eigenvalue weighted by molar-refractivity contribution is 5.93. The average molecular weight is 625 g/mol. The molecule has 0 saturated carbocycles. The summed E-state index contributed by atoms with van der Waals surface area (Å²) in [7, 11) is 2.07. The fraction of sp³-hybridized carbons (Fsp3) is 0.406. The van der Waals surface area contributed by atoms with Crippen LogP contribution in [0, 0.1) is 30.3 Å². The smallest absolute Gasteiger partial charge is 0.228 e. The van der Waals surface area contributed by atoms with Gasteiger partial charge < -0.3 is 15.0 Å². The molecule has 0 bridgehead atoms. The van der Waals surface area contributed by atoms with Gasteiger partial charge in [-0.15, -0.1) is 24.8 Å². The number of nitrogens with one attached hydrogen (secondary N) is 1. The molecule has 1 amide bonds. The number of amides is 1. The average Bonchev–Trinajstić information content (AvgIpc) is 2.94.